The number of nitrogens with zero attached hydrogens (tertiary/aromatic N) is 3. The fourth-order valence-electron chi connectivity index (χ4n) is 2.12. The van der Waals surface area contributed by atoms with Crippen LogP contribution in [-0.4, -0.2) is 27.6 Å². The average Bonchev–Trinajstić information content (AvgIpc) is 2.86. The first kappa shape index (κ1) is 12.8. The summed E-state index contributed by atoms with van der Waals surface area (Å²) in [4.78, 5) is 8.47. The van der Waals surface area contributed by atoms with Crippen LogP contribution in [0.4, 0.5) is 0 Å². The molecule has 0 aromatic carbocycles. The molecule has 0 bridgehead atoms. The monoisotopic (exact) mass is 244 g/mol. The zero-order valence-corrected chi connectivity index (χ0v) is 11.0. The van der Waals surface area contributed by atoms with Gasteiger partial charge < -0.3 is 9.88 Å². The van der Waals surface area contributed by atoms with E-state index in [1.54, 1.807) is 0 Å². The van der Waals surface area contributed by atoms with E-state index in [1.807, 2.05) is 31.8 Å². The van der Waals surface area contributed by atoms with E-state index in [1.165, 1.54) is 5.56 Å². The maximum Gasteiger partial charge on any atom is 0.110 e. The van der Waals surface area contributed by atoms with Gasteiger partial charge in [0.1, 0.15) is 5.82 Å². The Hall–Kier alpha value is -1.68. The Balaban J connectivity index is 2.02. The van der Waals surface area contributed by atoms with Crippen LogP contribution in [0.3, 0.4) is 0 Å². The molecule has 0 aliphatic rings. The molecule has 1 atom stereocenters. The lowest BCUT2D eigenvalue weighted by molar-refractivity contribution is 0.526. The minimum absolute atomic E-state index is 0.403. The molecular weight excluding hydrogens is 224 g/mol. The first-order valence-electron chi connectivity index (χ1n) is 6.39. The van der Waals surface area contributed by atoms with E-state index >= 15 is 0 Å². The second-order valence-corrected chi connectivity index (χ2v) is 4.38. The molecule has 0 saturated heterocycles. The first-order chi connectivity index (χ1) is 8.83. The van der Waals surface area contributed by atoms with Gasteiger partial charge in [-0.1, -0.05) is 0 Å². The summed E-state index contributed by atoms with van der Waals surface area (Å²) in [5.74, 6) is 1.14. The molecule has 0 saturated carbocycles. The van der Waals surface area contributed by atoms with Gasteiger partial charge in [0, 0.05) is 43.8 Å². The van der Waals surface area contributed by atoms with Gasteiger partial charge in [0.05, 0.1) is 0 Å². The molecule has 0 aliphatic heterocycles. The molecule has 4 nitrogen and oxygen atoms in total. The molecule has 2 heterocycles. The van der Waals surface area contributed by atoms with Crippen molar-refractivity contribution < 1.29 is 0 Å². The number of likely N-dealkylation sites (N-methyl/N-ethyl adjacent to an activating group) is 1. The highest BCUT2D eigenvalue weighted by atomic mass is 15.1. The van der Waals surface area contributed by atoms with Crippen LogP contribution in [-0.2, 0) is 19.4 Å². The second kappa shape index (κ2) is 6.31. The van der Waals surface area contributed by atoms with Crippen molar-refractivity contribution in [3.63, 3.8) is 0 Å². The zero-order chi connectivity index (χ0) is 12.8. The maximum atomic E-state index is 4.43. The summed E-state index contributed by atoms with van der Waals surface area (Å²) >= 11 is 0. The molecule has 2 aromatic rings. The summed E-state index contributed by atoms with van der Waals surface area (Å²) in [6.45, 7) is 3.11. The molecule has 0 amide bonds. The van der Waals surface area contributed by atoms with Crippen molar-refractivity contribution in [1.29, 1.82) is 0 Å². The SMILES string of the molecule is CCn1ccnc1CC(Cc1ccncc1)NC. The van der Waals surface area contributed by atoms with Crippen LogP contribution in [0, 0.1) is 0 Å². The van der Waals surface area contributed by atoms with Gasteiger partial charge in [0.25, 0.3) is 0 Å². The standard InChI is InChI=1S/C14H20N4/c1-3-18-9-8-17-14(18)11-13(15-2)10-12-4-6-16-7-5-12/h4-9,13,15H,3,10-11H2,1-2H3. The van der Waals surface area contributed by atoms with Gasteiger partial charge in [0.2, 0.25) is 0 Å². The fourth-order valence-corrected chi connectivity index (χ4v) is 2.12. The molecule has 0 fully saturated rings. The number of pyridine rings is 1. The minimum Gasteiger partial charge on any atom is -0.335 e. The molecular formula is C14H20N4. The fraction of sp³-hybridized carbons (Fsp3) is 0.429. The Kier molecular flexibility index (Phi) is 4.47. The molecule has 0 aliphatic carbocycles. The average molecular weight is 244 g/mol. The quantitative estimate of drug-likeness (QED) is 0.840. The summed E-state index contributed by atoms with van der Waals surface area (Å²) in [6, 6.07) is 4.54. The molecule has 0 spiro atoms. The molecule has 2 rings (SSSR count). The summed E-state index contributed by atoms with van der Waals surface area (Å²) in [6.07, 6.45) is 9.53. The summed E-state index contributed by atoms with van der Waals surface area (Å²) in [7, 11) is 2.01. The van der Waals surface area contributed by atoms with Gasteiger partial charge in [-0.2, -0.15) is 0 Å². The number of hydrogen-bond donors (Lipinski definition) is 1. The number of rotatable bonds is 6. The Bertz CT molecular complexity index is 464. The van der Waals surface area contributed by atoms with Crippen molar-refractivity contribution in [3.8, 4) is 0 Å². The largest absolute Gasteiger partial charge is 0.335 e. The smallest absolute Gasteiger partial charge is 0.110 e. The zero-order valence-electron chi connectivity index (χ0n) is 11.0. The highest BCUT2D eigenvalue weighted by Crippen LogP contribution is 2.07. The van der Waals surface area contributed by atoms with Crippen LogP contribution in [0.5, 0.6) is 0 Å². The van der Waals surface area contributed by atoms with E-state index < -0.39 is 0 Å². The van der Waals surface area contributed by atoms with Crippen molar-refractivity contribution in [1.82, 2.24) is 19.9 Å². The van der Waals surface area contributed by atoms with Crippen molar-refractivity contribution >= 4 is 0 Å². The Morgan fingerprint density at radius 1 is 1.22 bits per heavy atom. The molecule has 2 aromatic heterocycles. The van der Waals surface area contributed by atoms with Crippen LogP contribution < -0.4 is 5.32 Å². The van der Waals surface area contributed by atoms with Crippen molar-refractivity contribution in [2.24, 2.45) is 0 Å². The third kappa shape index (κ3) is 3.17. The van der Waals surface area contributed by atoms with Crippen LogP contribution in [0.15, 0.2) is 36.9 Å². The Morgan fingerprint density at radius 2 is 2.00 bits per heavy atom. The predicted octanol–water partition coefficient (Wildman–Crippen LogP) is 1.67. The summed E-state index contributed by atoms with van der Waals surface area (Å²) in [5, 5.41) is 3.37. The van der Waals surface area contributed by atoms with Crippen LogP contribution >= 0.6 is 0 Å². The number of nitrogens with one attached hydrogen (secondary N) is 1. The van der Waals surface area contributed by atoms with E-state index in [4.69, 9.17) is 0 Å². The predicted molar refractivity (Wildman–Crippen MR) is 72.4 cm³/mol. The first-order valence-corrected chi connectivity index (χ1v) is 6.39. The van der Waals surface area contributed by atoms with Crippen LogP contribution in [0.1, 0.15) is 18.3 Å². The van der Waals surface area contributed by atoms with Gasteiger partial charge >= 0.3 is 0 Å². The van der Waals surface area contributed by atoms with Crippen LogP contribution in [0.2, 0.25) is 0 Å². The minimum atomic E-state index is 0.403. The topological polar surface area (TPSA) is 42.7 Å². The van der Waals surface area contributed by atoms with Crippen molar-refractivity contribution in [2.45, 2.75) is 32.4 Å². The van der Waals surface area contributed by atoms with Gasteiger partial charge in [-0.25, -0.2) is 4.98 Å². The molecule has 0 radical (unpaired) electrons. The van der Waals surface area contributed by atoms with E-state index in [-0.39, 0.29) is 0 Å². The maximum absolute atomic E-state index is 4.43. The number of aromatic nitrogens is 3. The highest BCUT2D eigenvalue weighted by molar-refractivity contribution is 5.12. The lowest BCUT2D eigenvalue weighted by atomic mass is 10.0. The molecule has 18 heavy (non-hydrogen) atoms. The number of hydrogen-bond acceptors (Lipinski definition) is 3. The number of imidazole rings is 1. The van der Waals surface area contributed by atoms with Gasteiger partial charge in [-0.3, -0.25) is 4.98 Å². The van der Waals surface area contributed by atoms with Crippen LogP contribution in [0.25, 0.3) is 0 Å². The van der Waals surface area contributed by atoms with Gasteiger partial charge in [-0.15, -0.1) is 0 Å². The third-order valence-electron chi connectivity index (χ3n) is 3.21. The van der Waals surface area contributed by atoms with E-state index in [2.05, 4.69) is 38.9 Å². The molecule has 1 unspecified atom stereocenters. The molecule has 1 N–H and O–H groups in total. The van der Waals surface area contributed by atoms with Gasteiger partial charge in [-0.05, 0) is 38.1 Å². The lowest BCUT2D eigenvalue weighted by Crippen LogP contribution is -2.31. The normalized spacial score (nSPS) is 12.6. The number of aryl methyl sites for hydroxylation is 1. The Labute approximate surface area is 108 Å². The van der Waals surface area contributed by atoms with E-state index in [9.17, 15) is 0 Å². The lowest BCUT2D eigenvalue weighted by Gasteiger charge is -2.16. The summed E-state index contributed by atoms with van der Waals surface area (Å²) in [5.41, 5.74) is 1.30. The van der Waals surface area contributed by atoms with Gasteiger partial charge in [0.15, 0.2) is 0 Å². The van der Waals surface area contributed by atoms with Crippen molar-refractivity contribution in [3.05, 3.63) is 48.3 Å². The summed E-state index contributed by atoms with van der Waals surface area (Å²) < 4.78 is 2.19. The third-order valence-corrected chi connectivity index (χ3v) is 3.21. The highest BCUT2D eigenvalue weighted by Gasteiger charge is 2.11. The van der Waals surface area contributed by atoms with E-state index in [0.29, 0.717) is 6.04 Å². The molecule has 96 valence electrons. The van der Waals surface area contributed by atoms with E-state index in [0.717, 1.165) is 25.2 Å². The van der Waals surface area contributed by atoms with Crippen molar-refractivity contribution in [2.75, 3.05) is 7.05 Å². The Morgan fingerprint density at radius 3 is 2.67 bits per heavy atom. The second-order valence-electron chi connectivity index (χ2n) is 4.38. The molecule has 4 heteroatoms.